The largest absolute Gasteiger partial charge is 0.461 e. The van der Waals surface area contributed by atoms with Crippen molar-refractivity contribution in [2.45, 2.75) is 32.6 Å². The van der Waals surface area contributed by atoms with Crippen molar-refractivity contribution in [3.8, 4) is 11.5 Å². The minimum absolute atomic E-state index is 0.0432. The van der Waals surface area contributed by atoms with E-state index in [-0.39, 0.29) is 5.91 Å². The molecule has 2 aromatic rings. The highest BCUT2D eigenvalue weighted by Crippen LogP contribution is 2.51. The molecule has 0 unspecified atom stereocenters. The van der Waals surface area contributed by atoms with Gasteiger partial charge >= 0.3 is 0 Å². The zero-order valence-electron chi connectivity index (χ0n) is 12.7. The fourth-order valence-electron chi connectivity index (χ4n) is 3.86. The Morgan fingerprint density at radius 2 is 2.27 bits per heavy atom. The second kappa shape index (κ2) is 5.00. The molecule has 2 fully saturated rings. The number of likely N-dealkylation sites (tertiary alicyclic amines) is 1. The first-order valence-corrected chi connectivity index (χ1v) is 7.96. The molecule has 2 aliphatic rings. The number of furan rings is 1. The Labute approximate surface area is 129 Å². The van der Waals surface area contributed by atoms with Crippen LogP contribution in [0.1, 0.15) is 43.1 Å². The molecule has 5 heteroatoms. The molecule has 2 aromatic heterocycles. The van der Waals surface area contributed by atoms with E-state index < -0.39 is 0 Å². The molecule has 1 amide bonds. The summed E-state index contributed by atoms with van der Waals surface area (Å²) in [5, 5.41) is 0. The zero-order valence-corrected chi connectivity index (χ0v) is 12.7. The van der Waals surface area contributed by atoms with E-state index in [1.165, 1.54) is 25.7 Å². The molecule has 0 radical (unpaired) electrons. The average Bonchev–Trinajstić information content (AvgIpc) is 3.16. The van der Waals surface area contributed by atoms with Gasteiger partial charge in [0.05, 0.1) is 6.26 Å². The molecule has 1 saturated carbocycles. The number of amides is 1. The van der Waals surface area contributed by atoms with Gasteiger partial charge in [0.25, 0.3) is 5.91 Å². The molecule has 3 heterocycles. The van der Waals surface area contributed by atoms with Crippen LogP contribution >= 0.6 is 0 Å². The quantitative estimate of drug-likeness (QED) is 0.850. The van der Waals surface area contributed by atoms with Gasteiger partial charge in [0, 0.05) is 13.1 Å². The van der Waals surface area contributed by atoms with Crippen LogP contribution in [0.2, 0.25) is 0 Å². The van der Waals surface area contributed by atoms with Crippen LogP contribution in [0.3, 0.4) is 0 Å². The summed E-state index contributed by atoms with van der Waals surface area (Å²) in [6.07, 6.45) is 7.71. The van der Waals surface area contributed by atoms with Gasteiger partial charge in [-0.3, -0.25) is 4.79 Å². The number of carbonyl (C=O) groups excluding carboxylic acids is 1. The van der Waals surface area contributed by atoms with Crippen LogP contribution in [-0.4, -0.2) is 28.9 Å². The van der Waals surface area contributed by atoms with Crippen molar-refractivity contribution in [3.05, 3.63) is 30.5 Å². The number of aromatic nitrogens is 1. The van der Waals surface area contributed by atoms with Crippen LogP contribution in [0, 0.1) is 11.3 Å². The van der Waals surface area contributed by atoms with Crippen molar-refractivity contribution in [1.82, 2.24) is 9.88 Å². The molecule has 1 atom stereocenters. The van der Waals surface area contributed by atoms with Crippen LogP contribution < -0.4 is 0 Å². The second-order valence-corrected chi connectivity index (χ2v) is 6.64. The van der Waals surface area contributed by atoms with E-state index >= 15 is 0 Å². The molecule has 0 aromatic carbocycles. The highest BCUT2D eigenvalue weighted by Gasteiger charge is 2.46. The van der Waals surface area contributed by atoms with Gasteiger partial charge in [-0.1, -0.05) is 13.3 Å². The summed E-state index contributed by atoms with van der Waals surface area (Å²) < 4.78 is 10.7. The summed E-state index contributed by atoms with van der Waals surface area (Å²) in [4.78, 5) is 19.0. The lowest BCUT2D eigenvalue weighted by Gasteiger charge is -2.53. The predicted octanol–water partition coefficient (Wildman–Crippen LogP) is 3.59. The van der Waals surface area contributed by atoms with Gasteiger partial charge in [-0.05, 0) is 42.7 Å². The predicted molar refractivity (Wildman–Crippen MR) is 80.2 cm³/mol. The highest BCUT2D eigenvalue weighted by molar-refractivity contribution is 5.97. The molecule has 1 aliphatic carbocycles. The van der Waals surface area contributed by atoms with Crippen LogP contribution in [0.15, 0.2) is 33.6 Å². The fraction of sp³-hybridized carbons (Fsp3) is 0.529. The van der Waals surface area contributed by atoms with E-state index in [0.29, 0.717) is 28.5 Å². The Hall–Kier alpha value is -2.04. The van der Waals surface area contributed by atoms with Gasteiger partial charge in [-0.2, -0.15) is 0 Å². The fourth-order valence-corrected chi connectivity index (χ4v) is 3.86. The van der Waals surface area contributed by atoms with Crippen molar-refractivity contribution in [3.63, 3.8) is 0 Å². The lowest BCUT2D eigenvalue weighted by atomic mass is 9.59. The molecule has 0 N–H and O–H groups in total. The number of nitrogens with zero attached hydrogens (tertiary/aromatic N) is 2. The number of piperidine rings is 1. The molecule has 1 spiro atoms. The number of oxazole rings is 1. The summed E-state index contributed by atoms with van der Waals surface area (Å²) in [7, 11) is 0. The van der Waals surface area contributed by atoms with Gasteiger partial charge in [-0.25, -0.2) is 4.98 Å². The maximum absolute atomic E-state index is 12.9. The average molecular weight is 300 g/mol. The molecule has 1 saturated heterocycles. The van der Waals surface area contributed by atoms with Gasteiger partial charge < -0.3 is 13.7 Å². The van der Waals surface area contributed by atoms with E-state index in [1.54, 1.807) is 18.4 Å². The maximum Gasteiger partial charge on any atom is 0.276 e. The van der Waals surface area contributed by atoms with Crippen molar-refractivity contribution < 1.29 is 13.6 Å². The lowest BCUT2D eigenvalue weighted by Crippen LogP contribution is -2.53. The monoisotopic (exact) mass is 300 g/mol. The van der Waals surface area contributed by atoms with Crippen molar-refractivity contribution in [2.24, 2.45) is 11.3 Å². The van der Waals surface area contributed by atoms with Crippen LogP contribution in [-0.2, 0) is 0 Å². The smallest absolute Gasteiger partial charge is 0.276 e. The van der Waals surface area contributed by atoms with Gasteiger partial charge in [-0.15, -0.1) is 0 Å². The first kappa shape index (κ1) is 13.6. The Kier molecular flexibility index (Phi) is 3.10. The number of hydrogen-bond donors (Lipinski definition) is 0. The van der Waals surface area contributed by atoms with Gasteiger partial charge in [0.2, 0.25) is 5.76 Å². The molecule has 0 bridgehead atoms. The number of rotatable bonds is 2. The Morgan fingerprint density at radius 1 is 1.41 bits per heavy atom. The second-order valence-electron chi connectivity index (χ2n) is 6.64. The normalized spacial score (nSPS) is 23.5. The first-order valence-electron chi connectivity index (χ1n) is 7.96. The van der Waals surface area contributed by atoms with Crippen molar-refractivity contribution in [2.75, 3.05) is 13.1 Å². The zero-order chi connectivity index (χ0) is 15.2. The van der Waals surface area contributed by atoms with E-state index in [1.807, 2.05) is 4.90 Å². The van der Waals surface area contributed by atoms with Gasteiger partial charge in [0.1, 0.15) is 0 Å². The van der Waals surface area contributed by atoms with E-state index in [9.17, 15) is 4.79 Å². The molecule has 4 rings (SSSR count). The summed E-state index contributed by atoms with van der Waals surface area (Å²) in [6, 6.07) is 3.56. The molecule has 1 aliphatic heterocycles. The van der Waals surface area contributed by atoms with Crippen LogP contribution in [0.4, 0.5) is 0 Å². The van der Waals surface area contributed by atoms with Gasteiger partial charge in [0.15, 0.2) is 17.8 Å². The Balaban J connectivity index is 1.59. The minimum Gasteiger partial charge on any atom is -0.461 e. The third-order valence-corrected chi connectivity index (χ3v) is 5.53. The number of hydrogen-bond acceptors (Lipinski definition) is 4. The highest BCUT2D eigenvalue weighted by atomic mass is 16.4. The number of carbonyl (C=O) groups is 1. The molecular weight excluding hydrogens is 280 g/mol. The van der Waals surface area contributed by atoms with Crippen molar-refractivity contribution in [1.29, 1.82) is 0 Å². The topological polar surface area (TPSA) is 59.5 Å². The first-order chi connectivity index (χ1) is 10.7. The summed E-state index contributed by atoms with van der Waals surface area (Å²) >= 11 is 0. The standard InChI is InChI=1S/C17H20N2O3/c1-12-5-8-19(10-17(12)6-3-7-17)16(20)14-15(22-11-18-14)13-4-2-9-21-13/h2,4,9,11-12H,3,5-8,10H2,1H3/t12-/m1/s1. The van der Waals surface area contributed by atoms with Crippen LogP contribution in [0.5, 0.6) is 0 Å². The summed E-state index contributed by atoms with van der Waals surface area (Å²) in [5.74, 6) is 1.63. The Bertz CT molecular complexity index is 670. The lowest BCUT2D eigenvalue weighted by molar-refractivity contribution is -0.0209. The Morgan fingerprint density at radius 3 is 2.95 bits per heavy atom. The van der Waals surface area contributed by atoms with Crippen LogP contribution in [0.25, 0.3) is 11.5 Å². The maximum atomic E-state index is 12.9. The molecule has 116 valence electrons. The van der Waals surface area contributed by atoms with E-state index in [2.05, 4.69) is 11.9 Å². The van der Waals surface area contributed by atoms with E-state index in [4.69, 9.17) is 8.83 Å². The summed E-state index contributed by atoms with van der Waals surface area (Å²) in [5.41, 5.74) is 0.696. The SMILES string of the molecule is C[C@@H]1CCN(C(=O)c2ncoc2-c2ccco2)CC12CCC2. The van der Waals surface area contributed by atoms with E-state index in [0.717, 1.165) is 19.5 Å². The minimum atomic E-state index is -0.0432. The third-order valence-electron chi connectivity index (χ3n) is 5.53. The molecular formula is C17H20N2O3. The summed E-state index contributed by atoms with van der Waals surface area (Å²) in [6.45, 7) is 3.97. The molecule has 22 heavy (non-hydrogen) atoms. The molecule has 5 nitrogen and oxygen atoms in total. The van der Waals surface area contributed by atoms with Crippen molar-refractivity contribution >= 4 is 5.91 Å². The third kappa shape index (κ3) is 1.99.